The van der Waals surface area contributed by atoms with Crippen LogP contribution in [0.1, 0.15) is 54.0 Å². The number of thiophene rings is 1. The maximum Gasteiger partial charge on any atom is 0.0361 e. The van der Waals surface area contributed by atoms with Gasteiger partial charge in [0.2, 0.25) is 0 Å². The summed E-state index contributed by atoms with van der Waals surface area (Å²) >= 11 is 1.94. The van der Waals surface area contributed by atoms with E-state index in [1.807, 2.05) is 11.3 Å². The van der Waals surface area contributed by atoms with Crippen LogP contribution in [0.5, 0.6) is 0 Å². The average Bonchev–Trinajstić information content (AvgIpc) is 2.48. The summed E-state index contributed by atoms with van der Waals surface area (Å²) in [6.45, 7) is 2.08. The molecule has 2 rings (SSSR count). The monoisotopic (exact) mass is 209 g/mol. The highest BCUT2D eigenvalue weighted by Gasteiger charge is 2.12. The van der Waals surface area contributed by atoms with Crippen LogP contribution in [0.15, 0.2) is 6.07 Å². The molecule has 0 spiro atoms. The molecular weight excluding hydrogens is 190 g/mol. The molecule has 0 aromatic carbocycles. The van der Waals surface area contributed by atoms with E-state index in [0.29, 0.717) is 0 Å². The Kier molecular flexibility index (Phi) is 3.24. The van der Waals surface area contributed by atoms with Crippen LogP contribution in [0.2, 0.25) is 0 Å². The first-order valence-corrected chi connectivity index (χ1v) is 6.46. The molecule has 1 aliphatic carbocycles. The molecule has 1 heterocycles. The standard InChI is InChI=1S/C12H19NS/c1-9(13)12-8-10-6-4-2-3-5-7-11(10)14-12/h8-9H,2-7,13H2,1H3. The van der Waals surface area contributed by atoms with Gasteiger partial charge >= 0.3 is 0 Å². The van der Waals surface area contributed by atoms with Crippen LogP contribution >= 0.6 is 11.3 Å². The average molecular weight is 209 g/mol. The van der Waals surface area contributed by atoms with Crippen LogP contribution in [0.25, 0.3) is 0 Å². The molecule has 0 fully saturated rings. The molecule has 0 bridgehead atoms. The van der Waals surface area contributed by atoms with Gasteiger partial charge in [0.05, 0.1) is 0 Å². The molecule has 1 aliphatic rings. The zero-order chi connectivity index (χ0) is 9.97. The number of fused-ring (bicyclic) bond motifs is 1. The molecule has 0 radical (unpaired) electrons. The third kappa shape index (κ3) is 2.18. The lowest BCUT2D eigenvalue weighted by Crippen LogP contribution is -2.01. The largest absolute Gasteiger partial charge is 0.324 e. The second-order valence-electron chi connectivity index (χ2n) is 4.30. The predicted octanol–water partition coefficient (Wildman–Crippen LogP) is 3.43. The van der Waals surface area contributed by atoms with Crippen molar-refractivity contribution in [3.05, 3.63) is 21.4 Å². The van der Waals surface area contributed by atoms with E-state index in [1.165, 1.54) is 43.4 Å². The molecule has 78 valence electrons. The van der Waals surface area contributed by atoms with Crippen molar-refractivity contribution in [2.24, 2.45) is 5.73 Å². The quantitative estimate of drug-likeness (QED) is 0.753. The Bertz CT molecular complexity index is 276. The molecule has 1 unspecified atom stereocenters. The van der Waals surface area contributed by atoms with Gasteiger partial charge in [-0.25, -0.2) is 0 Å². The first kappa shape index (κ1) is 10.2. The summed E-state index contributed by atoms with van der Waals surface area (Å²) in [4.78, 5) is 2.98. The SMILES string of the molecule is CC(N)c1cc2c(s1)CCCCCC2. The molecule has 2 N–H and O–H groups in total. The van der Waals surface area contributed by atoms with Crippen LogP contribution in [0.4, 0.5) is 0 Å². The van der Waals surface area contributed by atoms with Crippen LogP contribution in [0.3, 0.4) is 0 Å². The maximum absolute atomic E-state index is 5.91. The topological polar surface area (TPSA) is 26.0 Å². The Hall–Kier alpha value is -0.340. The summed E-state index contributed by atoms with van der Waals surface area (Å²) in [6, 6.07) is 2.56. The van der Waals surface area contributed by atoms with E-state index in [4.69, 9.17) is 5.73 Å². The van der Waals surface area contributed by atoms with Crippen molar-refractivity contribution in [3.63, 3.8) is 0 Å². The van der Waals surface area contributed by atoms with Crippen molar-refractivity contribution in [1.82, 2.24) is 0 Å². The van der Waals surface area contributed by atoms with E-state index in [2.05, 4.69) is 13.0 Å². The smallest absolute Gasteiger partial charge is 0.0361 e. The Morgan fingerprint density at radius 2 is 1.93 bits per heavy atom. The Labute approximate surface area is 90.3 Å². The molecular formula is C12H19NS. The van der Waals surface area contributed by atoms with E-state index in [1.54, 1.807) is 10.4 Å². The lowest BCUT2D eigenvalue weighted by atomic mass is 9.99. The Morgan fingerprint density at radius 1 is 1.21 bits per heavy atom. The number of rotatable bonds is 1. The molecule has 1 aromatic rings. The fourth-order valence-corrected chi connectivity index (χ4v) is 3.30. The molecule has 0 aliphatic heterocycles. The zero-order valence-electron chi connectivity index (χ0n) is 8.88. The molecule has 1 aromatic heterocycles. The molecule has 0 amide bonds. The normalized spacial score (nSPS) is 19.6. The molecule has 1 nitrogen and oxygen atoms in total. The molecule has 1 atom stereocenters. The summed E-state index contributed by atoms with van der Waals surface area (Å²) in [5, 5.41) is 0. The highest BCUT2D eigenvalue weighted by Crippen LogP contribution is 2.30. The first-order chi connectivity index (χ1) is 6.77. The van der Waals surface area contributed by atoms with Gasteiger partial charge in [-0.2, -0.15) is 0 Å². The van der Waals surface area contributed by atoms with Crippen molar-refractivity contribution < 1.29 is 0 Å². The van der Waals surface area contributed by atoms with E-state index < -0.39 is 0 Å². The number of aryl methyl sites for hydroxylation is 2. The highest BCUT2D eigenvalue weighted by atomic mass is 32.1. The van der Waals surface area contributed by atoms with Crippen molar-refractivity contribution in [3.8, 4) is 0 Å². The molecule has 2 heteroatoms. The Balaban J connectivity index is 2.23. The highest BCUT2D eigenvalue weighted by molar-refractivity contribution is 7.12. The summed E-state index contributed by atoms with van der Waals surface area (Å²) < 4.78 is 0. The Morgan fingerprint density at radius 3 is 2.64 bits per heavy atom. The molecule has 0 saturated carbocycles. The lowest BCUT2D eigenvalue weighted by molar-refractivity contribution is 0.622. The first-order valence-electron chi connectivity index (χ1n) is 5.64. The van der Waals surface area contributed by atoms with Gasteiger partial charge in [-0.1, -0.05) is 12.8 Å². The zero-order valence-corrected chi connectivity index (χ0v) is 9.70. The second-order valence-corrected chi connectivity index (χ2v) is 5.47. The van der Waals surface area contributed by atoms with Gasteiger partial charge in [-0.15, -0.1) is 11.3 Å². The number of hydrogen-bond donors (Lipinski definition) is 1. The van der Waals surface area contributed by atoms with Gasteiger partial charge in [0.1, 0.15) is 0 Å². The predicted molar refractivity (Wildman–Crippen MR) is 62.8 cm³/mol. The van der Waals surface area contributed by atoms with Gasteiger partial charge in [0.15, 0.2) is 0 Å². The minimum absolute atomic E-state index is 0.216. The maximum atomic E-state index is 5.91. The van der Waals surface area contributed by atoms with Gasteiger partial charge < -0.3 is 5.73 Å². The van der Waals surface area contributed by atoms with Crippen LogP contribution in [-0.4, -0.2) is 0 Å². The van der Waals surface area contributed by atoms with E-state index in [-0.39, 0.29) is 6.04 Å². The molecule has 14 heavy (non-hydrogen) atoms. The van der Waals surface area contributed by atoms with Crippen molar-refractivity contribution >= 4 is 11.3 Å². The summed E-state index contributed by atoms with van der Waals surface area (Å²) in [5.41, 5.74) is 7.50. The van der Waals surface area contributed by atoms with Crippen LogP contribution in [-0.2, 0) is 12.8 Å². The van der Waals surface area contributed by atoms with Crippen molar-refractivity contribution in [2.45, 2.75) is 51.5 Å². The van der Waals surface area contributed by atoms with Gasteiger partial charge in [0.25, 0.3) is 0 Å². The minimum atomic E-state index is 0.216. The van der Waals surface area contributed by atoms with E-state index in [9.17, 15) is 0 Å². The summed E-state index contributed by atoms with van der Waals surface area (Å²) in [5.74, 6) is 0. The second kappa shape index (κ2) is 4.45. The third-order valence-electron chi connectivity index (χ3n) is 2.96. The fourth-order valence-electron chi connectivity index (χ4n) is 2.09. The number of hydrogen-bond acceptors (Lipinski definition) is 2. The van der Waals surface area contributed by atoms with Gasteiger partial charge in [-0.05, 0) is 44.2 Å². The minimum Gasteiger partial charge on any atom is -0.324 e. The fraction of sp³-hybridized carbons (Fsp3) is 0.667. The van der Waals surface area contributed by atoms with Crippen molar-refractivity contribution in [2.75, 3.05) is 0 Å². The lowest BCUT2D eigenvalue weighted by Gasteiger charge is -2.07. The third-order valence-corrected chi connectivity index (χ3v) is 4.40. The summed E-state index contributed by atoms with van der Waals surface area (Å²) in [7, 11) is 0. The van der Waals surface area contributed by atoms with Crippen LogP contribution in [0, 0.1) is 0 Å². The van der Waals surface area contributed by atoms with E-state index in [0.717, 1.165) is 0 Å². The van der Waals surface area contributed by atoms with E-state index >= 15 is 0 Å². The molecule has 0 saturated heterocycles. The van der Waals surface area contributed by atoms with Gasteiger partial charge in [-0.3, -0.25) is 0 Å². The van der Waals surface area contributed by atoms with Crippen LogP contribution < -0.4 is 5.73 Å². The van der Waals surface area contributed by atoms with Crippen molar-refractivity contribution in [1.29, 1.82) is 0 Å². The summed E-state index contributed by atoms with van der Waals surface area (Å²) in [6.07, 6.45) is 8.10. The number of nitrogens with two attached hydrogens (primary N) is 1. The van der Waals surface area contributed by atoms with Gasteiger partial charge in [0, 0.05) is 15.8 Å².